The fourth-order valence-corrected chi connectivity index (χ4v) is 2.98. The quantitative estimate of drug-likeness (QED) is 0.664. The van der Waals surface area contributed by atoms with Crippen LogP contribution in [0, 0.1) is 6.92 Å². The summed E-state index contributed by atoms with van der Waals surface area (Å²) in [5, 5.41) is 17.4. The molecule has 0 bridgehead atoms. The molecular weight excluding hydrogens is 380 g/mol. The third-order valence-electron chi connectivity index (χ3n) is 4.12. The summed E-state index contributed by atoms with van der Waals surface area (Å²) >= 11 is 5.92. The van der Waals surface area contributed by atoms with E-state index >= 15 is 0 Å². The molecule has 2 amide bonds. The van der Waals surface area contributed by atoms with Crippen LogP contribution in [-0.2, 0) is 9.59 Å². The third-order valence-corrected chi connectivity index (χ3v) is 4.37. The van der Waals surface area contributed by atoms with Crippen LogP contribution in [0.2, 0.25) is 5.02 Å². The van der Waals surface area contributed by atoms with Crippen molar-refractivity contribution in [3.8, 4) is 5.69 Å². The first kappa shape index (κ1) is 19.5. The Hall–Kier alpha value is -3.26. The number of hydrogen-bond acceptors (Lipinski definition) is 5. The molecule has 0 aliphatic carbocycles. The number of halogens is 1. The van der Waals surface area contributed by atoms with Crippen LogP contribution in [0.4, 0.5) is 5.69 Å². The largest absolute Gasteiger partial charge is 0.349 e. The number of carbonyl (C=O) groups is 2. The molecule has 28 heavy (non-hydrogen) atoms. The second kappa shape index (κ2) is 8.62. The molecule has 8 nitrogen and oxygen atoms in total. The summed E-state index contributed by atoms with van der Waals surface area (Å²) in [5.41, 5.74) is 3.18. The van der Waals surface area contributed by atoms with E-state index in [0.717, 1.165) is 16.8 Å². The number of amides is 2. The SMILES string of the molecule is CC(=O)NC(CC(=O)Nc1ccc(-n2cnnn2)c(C)c1)c1ccc(Cl)cc1. The Balaban J connectivity index is 1.71. The van der Waals surface area contributed by atoms with E-state index in [-0.39, 0.29) is 18.2 Å². The number of tetrazole rings is 1. The lowest BCUT2D eigenvalue weighted by atomic mass is 10.0. The van der Waals surface area contributed by atoms with E-state index in [0.29, 0.717) is 10.7 Å². The maximum absolute atomic E-state index is 12.5. The van der Waals surface area contributed by atoms with E-state index in [9.17, 15) is 9.59 Å². The van der Waals surface area contributed by atoms with E-state index < -0.39 is 6.04 Å². The Morgan fingerprint density at radius 1 is 1.18 bits per heavy atom. The number of benzene rings is 2. The number of rotatable bonds is 6. The van der Waals surface area contributed by atoms with Crippen molar-refractivity contribution in [1.82, 2.24) is 25.5 Å². The van der Waals surface area contributed by atoms with Gasteiger partial charge in [-0.3, -0.25) is 9.59 Å². The lowest BCUT2D eigenvalue weighted by Gasteiger charge is -2.18. The van der Waals surface area contributed by atoms with Gasteiger partial charge in [0.2, 0.25) is 11.8 Å². The van der Waals surface area contributed by atoms with E-state index in [1.54, 1.807) is 35.0 Å². The van der Waals surface area contributed by atoms with Gasteiger partial charge >= 0.3 is 0 Å². The zero-order valence-electron chi connectivity index (χ0n) is 15.4. The van der Waals surface area contributed by atoms with E-state index in [1.165, 1.54) is 13.3 Å². The van der Waals surface area contributed by atoms with Gasteiger partial charge in [0.15, 0.2) is 0 Å². The van der Waals surface area contributed by atoms with Crippen molar-refractivity contribution in [3.63, 3.8) is 0 Å². The number of nitrogens with zero attached hydrogens (tertiary/aromatic N) is 4. The van der Waals surface area contributed by atoms with Gasteiger partial charge < -0.3 is 10.6 Å². The predicted molar refractivity (Wildman–Crippen MR) is 105 cm³/mol. The van der Waals surface area contributed by atoms with Crippen LogP contribution in [0.15, 0.2) is 48.8 Å². The van der Waals surface area contributed by atoms with Crippen molar-refractivity contribution < 1.29 is 9.59 Å². The molecule has 1 unspecified atom stereocenters. The van der Waals surface area contributed by atoms with Crippen molar-refractivity contribution in [2.24, 2.45) is 0 Å². The minimum absolute atomic E-state index is 0.0923. The van der Waals surface area contributed by atoms with Crippen LogP contribution >= 0.6 is 11.6 Å². The van der Waals surface area contributed by atoms with Gasteiger partial charge in [0.1, 0.15) is 6.33 Å². The van der Waals surface area contributed by atoms with Gasteiger partial charge in [-0.15, -0.1) is 5.10 Å². The van der Waals surface area contributed by atoms with Crippen LogP contribution in [0.5, 0.6) is 0 Å². The molecule has 0 fully saturated rings. The molecule has 1 aromatic heterocycles. The normalized spacial score (nSPS) is 11.7. The number of carbonyl (C=O) groups excluding carboxylic acids is 2. The van der Waals surface area contributed by atoms with Crippen LogP contribution in [-0.4, -0.2) is 32.0 Å². The second-order valence-electron chi connectivity index (χ2n) is 6.31. The van der Waals surface area contributed by atoms with Gasteiger partial charge in [-0.1, -0.05) is 23.7 Å². The summed E-state index contributed by atoms with van der Waals surface area (Å²) in [6.45, 7) is 3.32. The van der Waals surface area contributed by atoms with E-state index in [4.69, 9.17) is 11.6 Å². The van der Waals surface area contributed by atoms with E-state index in [2.05, 4.69) is 26.2 Å². The predicted octanol–water partition coefficient (Wildman–Crippen LogP) is 2.83. The summed E-state index contributed by atoms with van der Waals surface area (Å²) < 4.78 is 1.55. The Labute approximate surface area is 166 Å². The van der Waals surface area contributed by atoms with Crippen LogP contribution < -0.4 is 10.6 Å². The molecule has 0 saturated heterocycles. The molecule has 0 saturated carbocycles. The number of nitrogens with one attached hydrogen (secondary N) is 2. The molecule has 3 aromatic rings. The number of hydrogen-bond donors (Lipinski definition) is 2. The molecule has 2 aromatic carbocycles. The number of anilines is 1. The molecule has 9 heteroatoms. The standard InChI is InChI=1S/C19H19ClN6O2/c1-12-9-16(7-8-18(12)26-11-21-24-25-26)23-19(28)10-17(22-13(2)27)14-3-5-15(20)6-4-14/h3-9,11,17H,10H2,1-2H3,(H,22,27)(H,23,28). The fourth-order valence-electron chi connectivity index (χ4n) is 2.85. The molecular formula is C19H19ClN6O2. The summed E-state index contributed by atoms with van der Waals surface area (Å²) in [7, 11) is 0. The van der Waals surface area contributed by atoms with Gasteiger partial charge in [-0.05, 0) is 58.8 Å². The van der Waals surface area contributed by atoms with Crippen molar-refractivity contribution >= 4 is 29.1 Å². The van der Waals surface area contributed by atoms with Gasteiger partial charge in [0, 0.05) is 17.6 Å². The van der Waals surface area contributed by atoms with E-state index in [1.807, 2.05) is 19.1 Å². The van der Waals surface area contributed by atoms with Crippen LogP contribution in [0.1, 0.15) is 30.5 Å². The number of aromatic nitrogens is 4. The Bertz CT molecular complexity index is 973. The summed E-state index contributed by atoms with van der Waals surface area (Å²) in [5.74, 6) is -0.433. The highest BCUT2D eigenvalue weighted by molar-refractivity contribution is 6.30. The molecule has 3 rings (SSSR count). The minimum atomic E-state index is -0.448. The molecule has 144 valence electrons. The van der Waals surface area contributed by atoms with Crippen molar-refractivity contribution in [3.05, 3.63) is 64.9 Å². The molecule has 0 aliphatic heterocycles. The monoisotopic (exact) mass is 398 g/mol. The topological polar surface area (TPSA) is 102 Å². The van der Waals surface area contributed by atoms with Gasteiger partial charge in [0.05, 0.1) is 18.2 Å². The second-order valence-corrected chi connectivity index (χ2v) is 6.75. The fraction of sp³-hybridized carbons (Fsp3) is 0.211. The van der Waals surface area contributed by atoms with Crippen molar-refractivity contribution in [1.29, 1.82) is 0 Å². The van der Waals surface area contributed by atoms with Crippen LogP contribution in [0.3, 0.4) is 0 Å². The zero-order valence-corrected chi connectivity index (χ0v) is 16.1. The third kappa shape index (κ3) is 4.92. The maximum atomic E-state index is 12.5. The Morgan fingerprint density at radius 3 is 2.54 bits per heavy atom. The average Bonchev–Trinajstić information content (AvgIpc) is 3.16. The minimum Gasteiger partial charge on any atom is -0.349 e. The van der Waals surface area contributed by atoms with Gasteiger partial charge in [-0.25, -0.2) is 4.68 Å². The van der Waals surface area contributed by atoms with Gasteiger partial charge in [-0.2, -0.15) is 0 Å². The first-order chi connectivity index (χ1) is 13.4. The summed E-state index contributed by atoms with van der Waals surface area (Å²) in [6.07, 6.45) is 1.60. The molecule has 0 spiro atoms. The van der Waals surface area contributed by atoms with Crippen LogP contribution in [0.25, 0.3) is 5.69 Å². The number of aryl methyl sites for hydroxylation is 1. The highest BCUT2D eigenvalue weighted by Gasteiger charge is 2.17. The lowest BCUT2D eigenvalue weighted by molar-refractivity contribution is -0.120. The molecule has 0 aliphatic rings. The van der Waals surface area contributed by atoms with Crippen molar-refractivity contribution in [2.45, 2.75) is 26.3 Å². The molecule has 1 atom stereocenters. The first-order valence-corrected chi connectivity index (χ1v) is 8.96. The molecule has 0 radical (unpaired) electrons. The van der Waals surface area contributed by atoms with Crippen molar-refractivity contribution in [2.75, 3.05) is 5.32 Å². The maximum Gasteiger partial charge on any atom is 0.226 e. The van der Waals surface area contributed by atoms with Gasteiger partial charge in [0.25, 0.3) is 0 Å². The Morgan fingerprint density at radius 2 is 1.93 bits per heavy atom. The summed E-state index contributed by atoms with van der Waals surface area (Å²) in [6, 6.07) is 12.0. The summed E-state index contributed by atoms with van der Waals surface area (Å²) in [4.78, 5) is 24.1. The zero-order chi connectivity index (χ0) is 20.1. The average molecular weight is 399 g/mol. The smallest absolute Gasteiger partial charge is 0.226 e. The highest BCUT2D eigenvalue weighted by Crippen LogP contribution is 2.22. The molecule has 1 heterocycles. The lowest BCUT2D eigenvalue weighted by Crippen LogP contribution is -2.29. The first-order valence-electron chi connectivity index (χ1n) is 8.59. The highest BCUT2D eigenvalue weighted by atomic mass is 35.5. The molecule has 2 N–H and O–H groups in total. The Kier molecular flexibility index (Phi) is 6.00.